The lowest BCUT2D eigenvalue weighted by atomic mass is 10.0. The molecular formula is C24H31N5. The predicted molar refractivity (Wildman–Crippen MR) is 120 cm³/mol. The van der Waals surface area contributed by atoms with Gasteiger partial charge in [0.1, 0.15) is 12.4 Å². The number of aromatic nitrogens is 2. The Balaban J connectivity index is 1.61. The van der Waals surface area contributed by atoms with Gasteiger partial charge in [0.2, 0.25) is 0 Å². The van der Waals surface area contributed by atoms with Crippen molar-refractivity contribution in [1.29, 1.82) is 0 Å². The number of hydrogen-bond acceptors (Lipinski definition) is 2. The maximum Gasteiger partial charge on any atom is 0.191 e. The van der Waals surface area contributed by atoms with E-state index in [1.165, 1.54) is 16.7 Å². The Labute approximate surface area is 173 Å². The second-order valence-electron chi connectivity index (χ2n) is 7.34. The SMILES string of the molecule is CCNC(=NCc1nccn1Cc1ccccc1)NCC(C)c1ccc(C)cc1. The highest BCUT2D eigenvalue weighted by molar-refractivity contribution is 5.79. The van der Waals surface area contributed by atoms with E-state index in [9.17, 15) is 0 Å². The molecular weight excluding hydrogens is 358 g/mol. The zero-order chi connectivity index (χ0) is 20.5. The summed E-state index contributed by atoms with van der Waals surface area (Å²) in [6.07, 6.45) is 3.85. The normalized spacial score (nSPS) is 12.6. The third kappa shape index (κ3) is 6.21. The van der Waals surface area contributed by atoms with E-state index < -0.39 is 0 Å². The molecule has 5 nitrogen and oxygen atoms in total. The van der Waals surface area contributed by atoms with Gasteiger partial charge in [-0.1, -0.05) is 67.1 Å². The maximum absolute atomic E-state index is 4.75. The van der Waals surface area contributed by atoms with E-state index in [4.69, 9.17) is 4.99 Å². The van der Waals surface area contributed by atoms with Crippen molar-refractivity contribution in [3.05, 3.63) is 89.5 Å². The van der Waals surface area contributed by atoms with Crippen LogP contribution in [0, 0.1) is 6.92 Å². The average Bonchev–Trinajstić information content (AvgIpc) is 3.18. The van der Waals surface area contributed by atoms with Crippen molar-refractivity contribution in [2.24, 2.45) is 4.99 Å². The molecule has 1 atom stereocenters. The van der Waals surface area contributed by atoms with Gasteiger partial charge in [-0.05, 0) is 30.9 Å². The minimum atomic E-state index is 0.402. The Kier molecular flexibility index (Phi) is 7.45. The quantitative estimate of drug-likeness (QED) is 0.450. The fourth-order valence-corrected chi connectivity index (χ4v) is 3.17. The first-order valence-electron chi connectivity index (χ1n) is 10.3. The summed E-state index contributed by atoms with van der Waals surface area (Å²) in [6.45, 7) is 9.42. The van der Waals surface area contributed by atoms with Crippen LogP contribution in [-0.4, -0.2) is 28.6 Å². The Bertz CT molecular complexity index is 897. The average molecular weight is 390 g/mol. The summed E-state index contributed by atoms with van der Waals surface area (Å²) in [4.78, 5) is 9.24. The van der Waals surface area contributed by atoms with Crippen molar-refractivity contribution in [1.82, 2.24) is 20.2 Å². The molecule has 0 radical (unpaired) electrons. The standard InChI is InChI=1S/C24H31N5/c1-4-25-24(27-16-20(3)22-12-10-19(2)11-13-22)28-17-23-26-14-15-29(23)18-21-8-6-5-7-9-21/h5-15,20H,4,16-18H2,1-3H3,(H2,25,27,28). The number of hydrogen-bond donors (Lipinski definition) is 2. The summed E-state index contributed by atoms with van der Waals surface area (Å²) < 4.78 is 2.15. The molecule has 0 aliphatic rings. The molecule has 0 saturated heterocycles. The molecule has 1 heterocycles. The lowest BCUT2D eigenvalue weighted by Gasteiger charge is -2.16. The van der Waals surface area contributed by atoms with Gasteiger partial charge in [-0.3, -0.25) is 0 Å². The highest BCUT2D eigenvalue weighted by Crippen LogP contribution is 2.14. The summed E-state index contributed by atoms with van der Waals surface area (Å²) in [6, 6.07) is 19.2. The van der Waals surface area contributed by atoms with Crippen LogP contribution in [-0.2, 0) is 13.1 Å². The lowest BCUT2D eigenvalue weighted by molar-refractivity contribution is 0.689. The number of aliphatic imine (C=N–C) groups is 1. The van der Waals surface area contributed by atoms with Gasteiger partial charge in [0.15, 0.2) is 5.96 Å². The number of aryl methyl sites for hydroxylation is 1. The second-order valence-corrected chi connectivity index (χ2v) is 7.34. The summed E-state index contributed by atoms with van der Waals surface area (Å²) >= 11 is 0. The molecule has 0 saturated carbocycles. The van der Waals surface area contributed by atoms with Crippen molar-refractivity contribution in [3.63, 3.8) is 0 Å². The van der Waals surface area contributed by atoms with Crippen LogP contribution in [0.3, 0.4) is 0 Å². The second kappa shape index (κ2) is 10.5. The predicted octanol–water partition coefficient (Wildman–Crippen LogP) is 4.10. The van der Waals surface area contributed by atoms with E-state index in [-0.39, 0.29) is 0 Å². The molecule has 0 bridgehead atoms. The summed E-state index contributed by atoms with van der Waals surface area (Å²) in [7, 11) is 0. The first-order valence-corrected chi connectivity index (χ1v) is 10.3. The topological polar surface area (TPSA) is 54.2 Å². The van der Waals surface area contributed by atoms with Crippen molar-refractivity contribution in [2.75, 3.05) is 13.1 Å². The van der Waals surface area contributed by atoms with Gasteiger partial charge in [0.25, 0.3) is 0 Å². The van der Waals surface area contributed by atoms with E-state index >= 15 is 0 Å². The molecule has 29 heavy (non-hydrogen) atoms. The molecule has 0 aliphatic carbocycles. The third-order valence-electron chi connectivity index (χ3n) is 4.94. The van der Waals surface area contributed by atoms with E-state index in [1.807, 2.05) is 18.5 Å². The Hall–Kier alpha value is -3.08. The largest absolute Gasteiger partial charge is 0.357 e. The number of nitrogens with one attached hydrogen (secondary N) is 2. The molecule has 0 aliphatic heterocycles. The first kappa shape index (κ1) is 20.6. The molecule has 2 aromatic carbocycles. The van der Waals surface area contributed by atoms with Crippen LogP contribution >= 0.6 is 0 Å². The van der Waals surface area contributed by atoms with Crippen molar-refractivity contribution in [2.45, 2.75) is 39.8 Å². The van der Waals surface area contributed by atoms with Crippen LogP contribution in [0.15, 0.2) is 72.0 Å². The molecule has 2 N–H and O–H groups in total. The molecule has 1 aromatic heterocycles. The minimum Gasteiger partial charge on any atom is -0.357 e. The zero-order valence-electron chi connectivity index (χ0n) is 17.6. The minimum absolute atomic E-state index is 0.402. The molecule has 152 valence electrons. The number of guanidine groups is 1. The van der Waals surface area contributed by atoms with Crippen LogP contribution < -0.4 is 10.6 Å². The maximum atomic E-state index is 4.75. The van der Waals surface area contributed by atoms with Gasteiger partial charge < -0.3 is 15.2 Å². The van der Waals surface area contributed by atoms with Crippen LogP contribution in [0.1, 0.15) is 42.3 Å². The molecule has 3 aromatic rings. The van der Waals surface area contributed by atoms with Gasteiger partial charge in [-0.15, -0.1) is 0 Å². The van der Waals surface area contributed by atoms with E-state index in [0.29, 0.717) is 12.5 Å². The fourth-order valence-electron chi connectivity index (χ4n) is 3.17. The monoisotopic (exact) mass is 389 g/mol. The Morgan fingerprint density at radius 2 is 1.83 bits per heavy atom. The number of rotatable bonds is 8. The fraction of sp³-hybridized carbons (Fsp3) is 0.333. The Morgan fingerprint density at radius 1 is 1.07 bits per heavy atom. The molecule has 0 fully saturated rings. The number of imidazole rings is 1. The molecule has 0 amide bonds. The smallest absolute Gasteiger partial charge is 0.191 e. The summed E-state index contributed by atoms with van der Waals surface area (Å²) in [5.41, 5.74) is 3.87. The van der Waals surface area contributed by atoms with Crippen molar-refractivity contribution in [3.8, 4) is 0 Å². The highest BCUT2D eigenvalue weighted by atomic mass is 15.2. The van der Waals surface area contributed by atoms with Gasteiger partial charge in [0.05, 0.1) is 0 Å². The molecule has 3 rings (SSSR count). The van der Waals surface area contributed by atoms with Crippen molar-refractivity contribution < 1.29 is 0 Å². The first-order chi connectivity index (χ1) is 14.2. The van der Waals surface area contributed by atoms with Gasteiger partial charge in [-0.2, -0.15) is 0 Å². The Morgan fingerprint density at radius 3 is 2.55 bits per heavy atom. The van der Waals surface area contributed by atoms with Crippen LogP contribution in [0.4, 0.5) is 0 Å². The molecule has 0 spiro atoms. The number of nitrogens with zero attached hydrogens (tertiary/aromatic N) is 3. The molecule has 1 unspecified atom stereocenters. The van der Waals surface area contributed by atoms with Crippen LogP contribution in [0.5, 0.6) is 0 Å². The summed E-state index contributed by atoms with van der Waals surface area (Å²) in [5, 5.41) is 6.80. The lowest BCUT2D eigenvalue weighted by Crippen LogP contribution is -2.39. The van der Waals surface area contributed by atoms with Crippen LogP contribution in [0.25, 0.3) is 0 Å². The zero-order valence-corrected chi connectivity index (χ0v) is 17.6. The summed E-state index contributed by atoms with van der Waals surface area (Å²) in [5.74, 6) is 2.18. The van der Waals surface area contributed by atoms with Gasteiger partial charge in [0, 0.05) is 32.0 Å². The van der Waals surface area contributed by atoms with E-state index in [1.54, 1.807) is 0 Å². The molecule has 5 heteroatoms. The number of benzene rings is 2. The van der Waals surface area contributed by atoms with Crippen LogP contribution in [0.2, 0.25) is 0 Å². The van der Waals surface area contributed by atoms with Crippen molar-refractivity contribution >= 4 is 5.96 Å². The van der Waals surface area contributed by atoms with E-state index in [0.717, 1.165) is 31.4 Å². The van der Waals surface area contributed by atoms with Gasteiger partial charge >= 0.3 is 0 Å². The van der Waals surface area contributed by atoms with Gasteiger partial charge in [-0.25, -0.2) is 9.98 Å². The third-order valence-corrected chi connectivity index (χ3v) is 4.94. The highest BCUT2D eigenvalue weighted by Gasteiger charge is 2.08. The van der Waals surface area contributed by atoms with E-state index in [2.05, 4.69) is 89.5 Å².